The number of rotatable bonds is 5. The quantitative estimate of drug-likeness (QED) is 0.864. The highest BCUT2D eigenvalue weighted by atomic mass is 32.2. The molecule has 0 radical (unpaired) electrons. The van der Waals surface area contributed by atoms with Crippen LogP contribution in [0.3, 0.4) is 0 Å². The predicted molar refractivity (Wildman–Crippen MR) is 96.4 cm³/mol. The number of anilines is 1. The van der Waals surface area contributed by atoms with Crippen LogP contribution in [-0.2, 0) is 20.0 Å². The van der Waals surface area contributed by atoms with Gasteiger partial charge in [0.05, 0.1) is 15.5 Å². The van der Waals surface area contributed by atoms with Gasteiger partial charge in [-0.05, 0) is 49.6 Å². The van der Waals surface area contributed by atoms with Gasteiger partial charge in [0.2, 0.25) is 10.0 Å². The molecule has 0 aromatic heterocycles. The summed E-state index contributed by atoms with van der Waals surface area (Å²) in [7, 11) is -7.37. The minimum absolute atomic E-state index is 0.0967. The lowest BCUT2D eigenvalue weighted by Gasteiger charge is -2.16. The van der Waals surface area contributed by atoms with Gasteiger partial charge in [-0.2, -0.15) is 4.31 Å². The molecule has 0 atom stereocenters. The second-order valence-corrected chi connectivity index (χ2v) is 9.60. The number of hydrogen-bond donors (Lipinski definition) is 1. The Labute approximate surface area is 148 Å². The Morgan fingerprint density at radius 3 is 2.28 bits per heavy atom. The van der Waals surface area contributed by atoms with Crippen LogP contribution in [0.2, 0.25) is 0 Å². The Balaban J connectivity index is 1.91. The lowest BCUT2D eigenvalue weighted by molar-refractivity contribution is 0.477. The van der Waals surface area contributed by atoms with E-state index in [-0.39, 0.29) is 15.5 Å². The fourth-order valence-corrected chi connectivity index (χ4v) is 5.73. The van der Waals surface area contributed by atoms with E-state index in [9.17, 15) is 16.8 Å². The van der Waals surface area contributed by atoms with Crippen molar-refractivity contribution in [1.29, 1.82) is 0 Å². The molecule has 3 rings (SSSR count). The Hall–Kier alpha value is -1.90. The van der Waals surface area contributed by atoms with Crippen LogP contribution in [0.4, 0.5) is 5.69 Å². The van der Waals surface area contributed by atoms with E-state index in [4.69, 9.17) is 0 Å². The van der Waals surface area contributed by atoms with Crippen molar-refractivity contribution in [1.82, 2.24) is 4.31 Å². The molecule has 0 aliphatic carbocycles. The van der Waals surface area contributed by atoms with Gasteiger partial charge in [0.1, 0.15) is 0 Å². The summed E-state index contributed by atoms with van der Waals surface area (Å²) in [4.78, 5) is 0.266. The topological polar surface area (TPSA) is 83.5 Å². The maximum Gasteiger partial charge on any atom is 0.262 e. The second kappa shape index (κ2) is 6.78. The van der Waals surface area contributed by atoms with Crippen LogP contribution in [0.5, 0.6) is 0 Å². The molecule has 0 unspecified atom stereocenters. The Bertz CT molecular complexity index is 979. The van der Waals surface area contributed by atoms with Gasteiger partial charge >= 0.3 is 0 Å². The average molecular weight is 380 g/mol. The van der Waals surface area contributed by atoms with Crippen LogP contribution in [0, 0.1) is 6.92 Å². The number of nitrogens with one attached hydrogen (secondary N) is 1. The maximum atomic E-state index is 12.6. The zero-order valence-electron chi connectivity index (χ0n) is 13.8. The molecule has 25 heavy (non-hydrogen) atoms. The molecule has 1 aliphatic rings. The van der Waals surface area contributed by atoms with E-state index in [1.807, 2.05) is 0 Å². The molecule has 0 bridgehead atoms. The van der Waals surface area contributed by atoms with Crippen LogP contribution in [-0.4, -0.2) is 34.2 Å². The summed E-state index contributed by atoms with van der Waals surface area (Å²) < 4.78 is 54.3. The highest BCUT2D eigenvalue weighted by molar-refractivity contribution is 7.92. The van der Waals surface area contributed by atoms with Gasteiger partial charge in [-0.15, -0.1) is 0 Å². The SMILES string of the molecule is Cc1ccccc1S(=O)(=O)Nc1cccc(S(=O)(=O)N2CCCC2)c1. The second-order valence-electron chi connectivity index (χ2n) is 6.01. The summed E-state index contributed by atoms with van der Waals surface area (Å²) >= 11 is 0. The Morgan fingerprint density at radius 2 is 1.60 bits per heavy atom. The minimum atomic E-state index is -3.78. The Morgan fingerprint density at radius 1 is 0.920 bits per heavy atom. The predicted octanol–water partition coefficient (Wildman–Crippen LogP) is 2.58. The van der Waals surface area contributed by atoms with Crippen LogP contribution in [0.1, 0.15) is 18.4 Å². The molecule has 0 spiro atoms. The third kappa shape index (κ3) is 3.70. The van der Waals surface area contributed by atoms with Crippen LogP contribution in [0.15, 0.2) is 58.3 Å². The zero-order chi connectivity index (χ0) is 18.1. The van der Waals surface area contributed by atoms with Crippen molar-refractivity contribution in [3.8, 4) is 0 Å². The van der Waals surface area contributed by atoms with Crippen LogP contribution >= 0.6 is 0 Å². The molecule has 1 aliphatic heterocycles. The highest BCUT2D eigenvalue weighted by Gasteiger charge is 2.27. The van der Waals surface area contributed by atoms with Crippen LogP contribution < -0.4 is 4.72 Å². The lowest BCUT2D eigenvalue weighted by Crippen LogP contribution is -2.27. The smallest absolute Gasteiger partial charge is 0.262 e. The summed E-state index contributed by atoms with van der Waals surface area (Å²) in [5.41, 5.74) is 0.847. The van der Waals surface area contributed by atoms with E-state index in [0.29, 0.717) is 18.7 Å². The van der Waals surface area contributed by atoms with Crippen molar-refractivity contribution in [3.05, 3.63) is 54.1 Å². The van der Waals surface area contributed by atoms with Gasteiger partial charge in [0.25, 0.3) is 10.0 Å². The number of aryl methyl sites for hydroxylation is 1. The summed E-state index contributed by atoms with van der Waals surface area (Å²) in [6.07, 6.45) is 1.69. The van der Waals surface area contributed by atoms with E-state index in [1.165, 1.54) is 22.5 Å². The molecule has 1 N–H and O–H groups in total. The van der Waals surface area contributed by atoms with Crippen molar-refractivity contribution in [2.75, 3.05) is 17.8 Å². The summed E-state index contributed by atoms with van der Waals surface area (Å²) in [5.74, 6) is 0. The van der Waals surface area contributed by atoms with Crippen molar-refractivity contribution in [2.45, 2.75) is 29.6 Å². The monoisotopic (exact) mass is 380 g/mol. The molecular formula is C17H20N2O4S2. The van der Waals surface area contributed by atoms with Crippen molar-refractivity contribution in [3.63, 3.8) is 0 Å². The molecule has 1 saturated heterocycles. The first kappa shape index (κ1) is 17.9. The summed E-state index contributed by atoms with van der Waals surface area (Å²) in [6, 6.07) is 12.6. The molecule has 1 heterocycles. The summed E-state index contributed by atoms with van der Waals surface area (Å²) in [6.45, 7) is 2.71. The number of hydrogen-bond acceptors (Lipinski definition) is 4. The first-order valence-corrected chi connectivity index (χ1v) is 10.9. The number of sulfonamides is 2. The van der Waals surface area contributed by atoms with Gasteiger partial charge in [0.15, 0.2) is 0 Å². The average Bonchev–Trinajstić information content (AvgIpc) is 3.10. The largest absolute Gasteiger partial charge is 0.280 e. The van der Waals surface area contributed by atoms with Gasteiger partial charge in [-0.3, -0.25) is 4.72 Å². The molecular weight excluding hydrogens is 360 g/mol. The number of nitrogens with zero attached hydrogens (tertiary/aromatic N) is 1. The molecule has 2 aromatic carbocycles. The van der Waals surface area contributed by atoms with Crippen molar-refractivity contribution in [2.24, 2.45) is 0 Å². The van der Waals surface area contributed by atoms with Gasteiger partial charge in [-0.1, -0.05) is 24.3 Å². The standard InChI is InChI=1S/C17H20N2O4S2/c1-14-7-2-3-10-17(14)24(20,21)18-15-8-6-9-16(13-15)25(22,23)19-11-4-5-12-19/h2-3,6-10,13,18H,4-5,11-12H2,1H3. The van der Waals surface area contributed by atoms with E-state index in [0.717, 1.165) is 12.8 Å². The first-order chi connectivity index (χ1) is 11.8. The van der Waals surface area contributed by atoms with E-state index in [2.05, 4.69) is 4.72 Å². The molecule has 0 saturated carbocycles. The molecule has 0 amide bonds. The van der Waals surface area contributed by atoms with E-state index < -0.39 is 20.0 Å². The molecule has 134 valence electrons. The Kier molecular flexibility index (Phi) is 4.86. The minimum Gasteiger partial charge on any atom is -0.280 e. The van der Waals surface area contributed by atoms with Gasteiger partial charge in [0, 0.05) is 13.1 Å². The normalized spacial score (nSPS) is 16.0. The third-order valence-corrected chi connectivity index (χ3v) is 7.61. The van der Waals surface area contributed by atoms with Gasteiger partial charge in [-0.25, -0.2) is 16.8 Å². The number of benzene rings is 2. The third-order valence-electron chi connectivity index (χ3n) is 4.17. The summed E-state index contributed by atoms with van der Waals surface area (Å²) in [5, 5.41) is 0. The van der Waals surface area contributed by atoms with Crippen LogP contribution in [0.25, 0.3) is 0 Å². The van der Waals surface area contributed by atoms with E-state index in [1.54, 1.807) is 37.3 Å². The van der Waals surface area contributed by atoms with Gasteiger partial charge < -0.3 is 0 Å². The van der Waals surface area contributed by atoms with Crippen molar-refractivity contribution < 1.29 is 16.8 Å². The van der Waals surface area contributed by atoms with Crippen molar-refractivity contribution >= 4 is 25.7 Å². The fourth-order valence-electron chi connectivity index (χ4n) is 2.87. The van der Waals surface area contributed by atoms with E-state index >= 15 is 0 Å². The first-order valence-electron chi connectivity index (χ1n) is 7.99. The molecule has 2 aromatic rings. The maximum absolute atomic E-state index is 12.6. The zero-order valence-corrected chi connectivity index (χ0v) is 15.5. The fraction of sp³-hybridized carbons (Fsp3) is 0.294. The highest BCUT2D eigenvalue weighted by Crippen LogP contribution is 2.25. The molecule has 8 heteroatoms. The molecule has 6 nitrogen and oxygen atoms in total. The molecule has 1 fully saturated rings. The lowest BCUT2D eigenvalue weighted by atomic mass is 10.2.